The van der Waals surface area contributed by atoms with Crippen LogP contribution >= 0.6 is 0 Å². The number of hydrogen-bond acceptors (Lipinski definition) is 4. The van der Waals surface area contributed by atoms with Crippen LogP contribution in [0.4, 0.5) is 0 Å². The molecule has 1 aliphatic heterocycles. The molecule has 1 aliphatic rings. The number of carbonyl (C=O) groups excluding carboxylic acids is 2. The van der Waals surface area contributed by atoms with Crippen molar-refractivity contribution in [3.8, 4) is 0 Å². The van der Waals surface area contributed by atoms with Crippen LogP contribution < -0.4 is 0 Å². The Kier molecular flexibility index (Phi) is 6.81. The summed E-state index contributed by atoms with van der Waals surface area (Å²) in [7, 11) is 1.70. The Morgan fingerprint density at radius 2 is 1.52 bits per heavy atom. The van der Waals surface area contributed by atoms with Gasteiger partial charge in [0, 0.05) is 7.11 Å². The van der Waals surface area contributed by atoms with Crippen molar-refractivity contribution < 1.29 is 19.1 Å². The quantitative estimate of drug-likeness (QED) is 0.466. The molecule has 0 aromatic heterocycles. The van der Waals surface area contributed by atoms with Crippen LogP contribution in [0.2, 0.25) is 0 Å². The van der Waals surface area contributed by atoms with Crippen molar-refractivity contribution in [3.05, 3.63) is 0 Å². The first-order chi connectivity index (χ1) is 10.7. The largest absolute Gasteiger partial charge is 0.393 e. The fourth-order valence-corrected chi connectivity index (χ4v) is 3.83. The fraction of sp³-hybridized carbons (Fsp3) is 0.895. The van der Waals surface area contributed by atoms with Gasteiger partial charge in [-0.1, -0.05) is 41.5 Å². The molecule has 1 rings (SSSR count). The predicted molar refractivity (Wildman–Crippen MR) is 90.9 cm³/mol. The van der Waals surface area contributed by atoms with Gasteiger partial charge in [0.05, 0.1) is 17.9 Å². The smallest absolute Gasteiger partial charge is 0.318 e. The summed E-state index contributed by atoms with van der Waals surface area (Å²) >= 11 is 0. The first-order valence-corrected chi connectivity index (χ1v) is 9.01. The minimum Gasteiger partial charge on any atom is -0.393 e. The van der Waals surface area contributed by atoms with E-state index in [2.05, 4.69) is 41.5 Å². The lowest BCUT2D eigenvalue weighted by Gasteiger charge is -2.39. The molecule has 0 N–H and O–H groups in total. The van der Waals surface area contributed by atoms with Gasteiger partial charge in [0.2, 0.25) is 0 Å². The number of esters is 2. The normalized spacial score (nSPS) is 24.0. The van der Waals surface area contributed by atoms with Crippen LogP contribution in [0.5, 0.6) is 0 Å². The average Bonchev–Trinajstić information content (AvgIpc) is 2.85. The van der Waals surface area contributed by atoms with Crippen molar-refractivity contribution in [3.63, 3.8) is 0 Å². The molecule has 0 aromatic rings. The van der Waals surface area contributed by atoms with Crippen molar-refractivity contribution in [1.82, 2.24) is 0 Å². The Labute approximate surface area is 141 Å². The Bertz CT molecular complexity index is 421. The topological polar surface area (TPSA) is 52.6 Å². The van der Waals surface area contributed by atoms with Gasteiger partial charge in [0.25, 0.3) is 0 Å². The third-order valence-corrected chi connectivity index (χ3v) is 6.67. The van der Waals surface area contributed by atoms with Crippen molar-refractivity contribution in [2.75, 3.05) is 7.11 Å². The summed E-state index contributed by atoms with van der Waals surface area (Å²) in [5.74, 6) is -1.48. The number of rotatable bonds is 9. The zero-order valence-corrected chi connectivity index (χ0v) is 15.9. The highest BCUT2D eigenvalue weighted by atomic mass is 16.6. The first-order valence-electron chi connectivity index (χ1n) is 9.01. The second-order valence-corrected chi connectivity index (χ2v) is 7.51. The number of cyclic esters (lactones) is 2. The molecular weight excluding hydrogens is 292 g/mol. The third kappa shape index (κ3) is 3.78. The molecule has 4 heteroatoms. The van der Waals surface area contributed by atoms with Gasteiger partial charge in [-0.3, -0.25) is 9.59 Å². The zero-order chi connectivity index (χ0) is 17.8. The molecule has 1 heterocycles. The van der Waals surface area contributed by atoms with Crippen LogP contribution in [-0.2, 0) is 19.1 Å². The lowest BCUT2D eigenvalue weighted by atomic mass is 9.65. The molecule has 0 spiro atoms. The van der Waals surface area contributed by atoms with Crippen molar-refractivity contribution in [1.29, 1.82) is 0 Å². The molecule has 23 heavy (non-hydrogen) atoms. The van der Waals surface area contributed by atoms with Gasteiger partial charge < -0.3 is 9.47 Å². The standard InChI is InChI=1S/C19H34O4/c1-8-18(5,9-2)14(22-7)12-13-15(17(21)23-16(13)20)19(6,10-3)11-4/h13-15H,8-12H2,1-7H3. The number of carbonyl (C=O) groups is 2. The summed E-state index contributed by atoms with van der Waals surface area (Å²) in [5.41, 5.74) is -0.207. The van der Waals surface area contributed by atoms with Gasteiger partial charge in [-0.05, 0) is 42.9 Å². The molecule has 134 valence electrons. The monoisotopic (exact) mass is 326 g/mol. The summed E-state index contributed by atoms with van der Waals surface area (Å²) in [4.78, 5) is 24.7. The summed E-state index contributed by atoms with van der Waals surface area (Å²) in [6.45, 7) is 12.7. The van der Waals surface area contributed by atoms with Gasteiger partial charge >= 0.3 is 11.9 Å². The van der Waals surface area contributed by atoms with Crippen LogP contribution in [0.15, 0.2) is 0 Å². The molecule has 0 aromatic carbocycles. The highest BCUT2D eigenvalue weighted by molar-refractivity contribution is 5.96. The second-order valence-electron chi connectivity index (χ2n) is 7.51. The van der Waals surface area contributed by atoms with Gasteiger partial charge in [-0.15, -0.1) is 0 Å². The van der Waals surface area contributed by atoms with E-state index in [-0.39, 0.29) is 34.8 Å². The minimum atomic E-state index is -0.394. The Balaban J connectivity index is 3.11. The number of methoxy groups -OCH3 is 1. The number of hydrogen-bond donors (Lipinski definition) is 0. The molecule has 3 unspecified atom stereocenters. The van der Waals surface area contributed by atoms with Crippen LogP contribution in [0, 0.1) is 22.7 Å². The maximum Gasteiger partial charge on any atom is 0.318 e. The van der Waals surface area contributed by atoms with E-state index in [0.29, 0.717) is 6.42 Å². The summed E-state index contributed by atoms with van der Waals surface area (Å²) in [5, 5.41) is 0. The van der Waals surface area contributed by atoms with Crippen LogP contribution in [0.1, 0.15) is 73.6 Å². The molecule has 0 amide bonds. The maximum atomic E-state index is 12.3. The van der Waals surface area contributed by atoms with Crippen molar-refractivity contribution in [2.45, 2.75) is 79.8 Å². The van der Waals surface area contributed by atoms with Crippen molar-refractivity contribution in [2.24, 2.45) is 22.7 Å². The van der Waals surface area contributed by atoms with E-state index in [4.69, 9.17) is 9.47 Å². The van der Waals surface area contributed by atoms with E-state index in [9.17, 15) is 9.59 Å². The molecule has 0 aliphatic carbocycles. The molecule has 0 radical (unpaired) electrons. The summed E-state index contributed by atoms with van der Waals surface area (Å²) < 4.78 is 10.8. The van der Waals surface area contributed by atoms with Crippen LogP contribution in [0.3, 0.4) is 0 Å². The molecule has 4 nitrogen and oxygen atoms in total. The summed E-state index contributed by atoms with van der Waals surface area (Å²) in [6.07, 6.45) is 4.15. The fourth-order valence-electron chi connectivity index (χ4n) is 3.83. The van der Waals surface area contributed by atoms with Crippen LogP contribution in [-0.4, -0.2) is 25.2 Å². The number of ether oxygens (including phenoxy) is 2. The van der Waals surface area contributed by atoms with E-state index in [1.54, 1.807) is 7.11 Å². The highest BCUT2D eigenvalue weighted by Gasteiger charge is 2.53. The average molecular weight is 326 g/mol. The minimum absolute atomic E-state index is 0.0000479. The van der Waals surface area contributed by atoms with Gasteiger partial charge in [-0.25, -0.2) is 0 Å². The maximum absolute atomic E-state index is 12.3. The molecule has 3 atom stereocenters. The van der Waals surface area contributed by atoms with E-state index in [1.165, 1.54) is 0 Å². The lowest BCUT2D eigenvalue weighted by molar-refractivity contribution is -0.155. The van der Waals surface area contributed by atoms with E-state index in [0.717, 1.165) is 25.7 Å². The first kappa shape index (κ1) is 20.1. The Morgan fingerprint density at radius 3 is 1.91 bits per heavy atom. The van der Waals surface area contributed by atoms with Gasteiger partial charge in [0.15, 0.2) is 0 Å². The summed E-state index contributed by atoms with van der Waals surface area (Å²) in [6, 6.07) is 0. The van der Waals surface area contributed by atoms with Gasteiger partial charge in [-0.2, -0.15) is 0 Å². The molecular formula is C19H34O4. The lowest BCUT2D eigenvalue weighted by Crippen LogP contribution is -2.40. The van der Waals surface area contributed by atoms with E-state index >= 15 is 0 Å². The SMILES string of the molecule is CCC(C)(CC)C(CC1C(=O)OC(=O)C1C(C)(CC)CC)OC. The van der Waals surface area contributed by atoms with Crippen molar-refractivity contribution >= 4 is 11.9 Å². The molecule has 0 bridgehead atoms. The predicted octanol–water partition coefficient (Wildman–Crippen LogP) is 4.36. The Morgan fingerprint density at radius 1 is 1.00 bits per heavy atom. The molecule has 0 saturated carbocycles. The Hall–Kier alpha value is -0.900. The van der Waals surface area contributed by atoms with E-state index < -0.39 is 5.92 Å². The third-order valence-electron chi connectivity index (χ3n) is 6.67. The van der Waals surface area contributed by atoms with Crippen LogP contribution in [0.25, 0.3) is 0 Å². The second kappa shape index (κ2) is 7.78. The highest BCUT2D eigenvalue weighted by Crippen LogP contribution is 2.47. The van der Waals surface area contributed by atoms with Gasteiger partial charge in [0.1, 0.15) is 0 Å². The zero-order valence-electron chi connectivity index (χ0n) is 15.9. The molecule has 1 saturated heterocycles. The molecule has 1 fully saturated rings. The van der Waals surface area contributed by atoms with E-state index in [1.807, 2.05) is 0 Å².